The molecule has 0 aromatic heterocycles. The first kappa shape index (κ1) is 9.78. The SMILES string of the molecule is CC(CC=O)c1ccc2c(c1)CCS2. The van der Waals surface area contributed by atoms with Gasteiger partial charge in [-0.15, -0.1) is 11.8 Å². The average Bonchev–Trinajstić information content (AvgIpc) is 2.64. The summed E-state index contributed by atoms with van der Waals surface area (Å²) in [5.74, 6) is 1.57. The summed E-state index contributed by atoms with van der Waals surface area (Å²) < 4.78 is 0. The van der Waals surface area contributed by atoms with Crippen molar-refractivity contribution in [2.75, 3.05) is 5.75 Å². The number of thioether (sulfide) groups is 1. The Morgan fingerprint density at radius 1 is 1.57 bits per heavy atom. The Morgan fingerprint density at radius 3 is 3.21 bits per heavy atom. The molecule has 1 aromatic rings. The summed E-state index contributed by atoms with van der Waals surface area (Å²) in [6.45, 7) is 2.11. The van der Waals surface area contributed by atoms with E-state index in [2.05, 4.69) is 25.1 Å². The first-order valence-corrected chi connectivity index (χ1v) is 5.99. The van der Waals surface area contributed by atoms with Gasteiger partial charge >= 0.3 is 0 Å². The summed E-state index contributed by atoms with van der Waals surface area (Å²) in [7, 11) is 0. The molecule has 2 heteroatoms. The molecule has 1 unspecified atom stereocenters. The Hall–Kier alpha value is -0.760. The molecule has 1 heterocycles. The molecule has 0 bridgehead atoms. The quantitative estimate of drug-likeness (QED) is 0.707. The lowest BCUT2D eigenvalue weighted by Gasteiger charge is -2.09. The zero-order chi connectivity index (χ0) is 9.97. The van der Waals surface area contributed by atoms with Gasteiger partial charge in [0.1, 0.15) is 6.29 Å². The minimum Gasteiger partial charge on any atom is -0.303 e. The fraction of sp³-hybridized carbons (Fsp3) is 0.417. The van der Waals surface area contributed by atoms with E-state index in [0.717, 1.165) is 6.29 Å². The van der Waals surface area contributed by atoms with Crippen molar-refractivity contribution in [1.29, 1.82) is 0 Å². The van der Waals surface area contributed by atoms with Gasteiger partial charge in [0.15, 0.2) is 0 Å². The predicted molar refractivity (Wildman–Crippen MR) is 60.0 cm³/mol. The normalized spacial score (nSPS) is 16.4. The molecular formula is C12H14OS. The van der Waals surface area contributed by atoms with Crippen molar-refractivity contribution in [1.82, 2.24) is 0 Å². The van der Waals surface area contributed by atoms with Crippen LogP contribution in [0.15, 0.2) is 23.1 Å². The van der Waals surface area contributed by atoms with Crippen LogP contribution in [0.1, 0.15) is 30.4 Å². The lowest BCUT2D eigenvalue weighted by Crippen LogP contribution is -1.95. The number of hydrogen-bond acceptors (Lipinski definition) is 2. The number of rotatable bonds is 3. The zero-order valence-corrected chi connectivity index (χ0v) is 9.14. The van der Waals surface area contributed by atoms with Crippen molar-refractivity contribution < 1.29 is 4.79 Å². The van der Waals surface area contributed by atoms with Crippen molar-refractivity contribution in [2.24, 2.45) is 0 Å². The molecular weight excluding hydrogens is 192 g/mol. The van der Waals surface area contributed by atoms with Gasteiger partial charge in [-0.1, -0.05) is 19.1 Å². The topological polar surface area (TPSA) is 17.1 Å². The highest BCUT2D eigenvalue weighted by Crippen LogP contribution is 2.33. The van der Waals surface area contributed by atoms with Crippen molar-refractivity contribution in [2.45, 2.75) is 30.6 Å². The van der Waals surface area contributed by atoms with E-state index < -0.39 is 0 Å². The standard InChI is InChI=1S/C12H14OS/c1-9(4-6-13)10-2-3-12-11(8-10)5-7-14-12/h2-3,6,8-9H,4-5,7H2,1H3. The highest BCUT2D eigenvalue weighted by Gasteiger charge is 2.13. The molecule has 0 N–H and O–H groups in total. The summed E-state index contributed by atoms with van der Waals surface area (Å²) in [6.07, 6.45) is 2.82. The number of carbonyl (C=O) groups is 1. The minimum absolute atomic E-state index is 0.364. The van der Waals surface area contributed by atoms with E-state index in [-0.39, 0.29) is 0 Å². The maximum atomic E-state index is 10.4. The lowest BCUT2D eigenvalue weighted by molar-refractivity contribution is -0.108. The number of carbonyl (C=O) groups excluding carboxylic acids is 1. The zero-order valence-electron chi connectivity index (χ0n) is 8.32. The van der Waals surface area contributed by atoms with Crippen molar-refractivity contribution >= 4 is 18.0 Å². The molecule has 1 nitrogen and oxygen atoms in total. The fourth-order valence-electron chi connectivity index (χ4n) is 1.79. The Kier molecular flexibility index (Phi) is 2.92. The fourth-order valence-corrected chi connectivity index (χ4v) is 2.85. The summed E-state index contributed by atoms with van der Waals surface area (Å²) in [4.78, 5) is 11.8. The van der Waals surface area contributed by atoms with E-state index in [0.29, 0.717) is 12.3 Å². The third-order valence-electron chi connectivity index (χ3n) is 2.73. The van der Waals surface area contributed by atoms with Crippen molar-refractivity contribution in [3.8, 4) is 0 Å². The minimum atomic E-state index is 0.364. The molecule has 1 aromatic carbocycles. The molecule has 0 saturated heterocycles. The molecule has 0 spiro atoms. The maximum Gasteiger partial charge on any atom is 0.120 e. The van der Waals surface area contributed by atoms with Crippen LogP contribution >= 0.6 is 11.8 Å². The smallest absolute Gasteiger partial charge is 0.120 e. The van der Waals surface area contributed by atoms with Crippen molar-refractivity contribution in [3.63, 3.8) is 0 Å². The van der Waals surface area contributed by atoms with Gasteiger partial charge in [0.25, 0.3) is 0 Å². The molecule has 0 fully saturated rings. The molecule has 0 aliphatic carbocycles. The van der Waals surface area contributed by atoms with Gasteiger partial charge in [-0.25, -0.2) is 0 Å². The van der Waals surface area contributed by atoms with E-state index in [1.807, 2.05) is 11.8 Å². The summed E-state index contributed by atoms with van der Waals surface area (Å²) in [5, 5.41) is 0. The van der Waals surface area contributed by atoms with Crippen molar-refractivity contribution in [3.05, 3.63) is 29.3 Å². The molecule has 2 rings (SSSR count). The van der Waals surface area contributed by atoms with Crippen LogP contribution in [0.3, 0.4) is 0 Å². The number of aryl methyl sites for hydroxylation is 1. The third kappa shape index (κ3) is 1.85. The van der Waals surface area contributed by atoms with Gasteiger partial charge in [-0.3, -0.25) is 0 Å². The van der Waals surface area contributed by atoms with E-state index in [1.54, 1.807) is 0 Å². The second kappa shape index (κ2) is 4.18. The molecule has 1 atom stereocenters. The van der Waals surface area contributed by atoms with E-state index in [4.69, 9.17) is 0 Å². The number of aldehydes is 1. The second-order valence-electron chi connectivity index (χ2n) is 3.77. The third-order valence-corrected chi connectivity index (χ3v) is 3.85. The maximum absolute atomic E-state index is 10.4. The summed E-state index contributed by atoms with van der Waals surface area (Å²) in [6, 6.07) is 6.62. The molecule has 0 amide bonds. The Morgan fingerprint density at radius 2 is 2.43 bits per heavy atom. The van der Waals surface area contributed by atoms with Crippen LogP contribution in [-0.4, -0.2) is 12.0 Å². The number of benzene rings is 1. The molecule has 14 heavy (non-hydrogen) atoms. The molecule has 0 saturated carbocycles. The summed E-state index contributed by atoms with van der Waals surface area (Å²) in [5.41, 5.74) is 2.77. The Bertz CT molecular complexity index is 346. The van der Waals surface area contributed by atoms with Gasteiger partial charge in [-0.2, -0.15) is 0 Å². The number of fused-ring (bicyclic) bond motifs is 1. The van der Waals surface area contributed by atoms with E-state index in [9.17, 15) is 4.79 Å². The van der Waals surface area contributed by atoms with Crippen LogP contribution in [0.4, 0.5) is 0 Å². The van der Waals surface area contributed by atoms with Crippen LogP contribution in [0.5, 0.6) is 0 Å². The van der Waals surface area contributed by atoms with Crippen LogP contribution in [0.2, 0.25) is 0 Å². The second-order valence-corrected chi connectivity index (χ2v) is 4.91. The van der Waals surface area contributed by atoms with Crippen LogP contribution in [0.25, 0.3) is 0 Å². The van der Waals surface area contributed by atoms with Crippen LogP contribution in [0, 0.1) is 0 Å². The average molecular weight is 206 g/mol. The van der Waals surface area contributed by atoms with Gasteiger partial charge in [0, 0.05) is 17.1 Å². The predicted octanol–water partition coefficient (Wildman–Crippen LogP) is 3.03. The lowest BCUT2D eigenvalue weighted by atomic mass is 9.96. The van der Waals surface area contributed by atoms with Crippen LogP contribution < -0.4 is 0 Å². The number of hydrogen-bond donors (Lipinski definition) is 0. The highest BCUT2D eigenvalue weighted by atomic mass is 32.2. The van der Waals surface area contributed by atoms with Gasteiger partial charge in [0.05, 0.1) is 0 Å². The molecule has 0 radical (unpaired) electrons. The highest BCUT2D eigenvalue weighted by molar-refractivity contribution is 7.99. The van der Waals surface area contributed by atoms with Gasteiger partial charge < -0.3 is 4.79 Å². The monoisotopic (exact) mass is 206 g/mol. The first-order valence-electron chi connectivity index (χ1n) is 5.00. The first-order chi connectivity index (χ1) is 6.81. The van der Waals surface area contributed by atoms with Gasteiger partial charge in [0.2, 0.25) is 0 Å². The van der Waals surface area contributed by atoms with Gasteiger partial charge in [-0.05, 0) is 29.5 Å². The summed E-state index contributed by atoms with van der Waals surface area (Å²) >= 11 is 1.93. The van der Waals surface area contributed by atoms with E-state index >= 15 is 0 Å². The Labute approximate surface area is 88.9 Å². The molecule has 1 aliphatic rings. The largest absolute Gasteiger partial charge is 0.303 e. The van der Waals surface area contributed by atoms with E-state index in [1.165, 1.54) is 28.2 Å². The Balaban J connectivity index is 2.23. The van der Waals surface area contributed by atoms with Crippen LogP contribution in [-0.2, 0) is 11.2 Å². The molecule has 74 valence electrons. The molecule has 1 aliphatic heterocycles.